The van der Waals surface area contributed by atoms with Crippen molar-refractivity contribution in [3.63, 3.8) is 0 Å². The smallest absolute Gasteiger partial charge is 0.133 e. The van der Waals surface area contributed by atoms with Gasteiger partial charge in [-0.15, -0.1) is 0 Å². The molecule has 1 heterocycles. The molecule has 0 amide bonds. The highest BCUT2D eigenvalue weighted by Crippen LogP contribution is 2.57. The zero-order valence-electron chi connectivity index (χ0n) is 9.74. The van der Waals surface area contributed by atoms with Crippen molar-refractivity contribution in [2.75, 3.05) is 6.66 Å². The monoisotopic (exact) mass is 236 g/mol. The molecule has 80 valence electrons. The zero-order valence-corrected chi connectivity index (χ0v) is 11.6. The van der Waals surface area contributed by atoms with Gasteiger partial charge in [-0.25, -0.2) is 0 Å². The van der Waals surface area contributed by atoms with Gasteiger partial charge in [0.15, 0.2) is 0 Å². The molecule has 1 aliphatic rings. The first kappa shape index (κ1) is 10.9. The summed E-state index contributed by atoms with van der Waals surface area (Å²) in [7, 11) is -3.70. The quantitative estimate of drug-likeness (QED) is 0.538. The summed E-state index contributed by atoms with van der Waals surface area (Å²) in [5.41, 5.74) is 1.17. The third-order valence-corrected chi connectivity index (χ3v) is 10.3. The van der Waals surface area contributed by atoms with Gasteiger partial charge in [0.05, 0.1) is 8.07 Å². The molecule has 1 aliphatic heterocycles. The van der Waals surface area contributed by atoms with Gasteiger partial charge in [-0.2, -0.15) is 0 Å². The van der Waals surface area contributed by atoms with Crippen molar-refractivity contribution in [2.45, 2.75) is 19.6 Å². The van der Waals surface area contributed by atoms with E-state index in [9.17, 15) is 4.57 Å². The van der Waals surface area contributed by atoms with Gasteiger partial charge in [0, 0.05) is 5.30 Å². The van der Waals surface area contributed by atoms with Crippen molar-refractivity contribution in [3.8, 4) is 0 Å². The number of benzene rings is 1. The van der Waals surface area contributed by atoms with E-state index >= 15 is 0 Å². The van der Waals surface area contributed by atoms with Crippen LogP contribution in [0.25, 0.3) is 6.08 Å². The van der Waals surface area contributed by atoms with Crippen LogP contribution in [-0.4, -0.2) is 14.7 Å². The first-order valence-electron chi connectivity index (χ1n) is 5.23. The molecule has 0 radical (unpaired) electrons. The number of fused-ring (bicyclic) bond motifs is 1. The Morgan fingerprint density at radius 2 is 1.73 bits per heavy atom. The van der Waals surface area contributed by atoms with Gasteiger partial charge in [0.2, 0.25) is 0 Å². The number of rotatable bonds is 1. The predicted molar refractivity (Wildman–Crippen MR) is 70.9 cm³/mol. The summed E-state index contributed by atoms with van der Waals surface area (Å²) in [6.07, 6.45) is 2.17. The predicted octanol–water partition coefficient (Wildman–Crippen LogP) is 3.54. The van der Waals surface area contributed by atoms with E-state index in [-0.39, 0.29) is 0 Å². The molecule has 0 spiro atoms. The molecule has 0 bridgehead atoms. The minimum Gasteiger partial charge on any atom is -0.315 e. The summed E-state index contributed by atoms with van der Waals surface area (Å²) < 4.78 is 12.8. The topological polar surface area (TPSA) is 17.1 Å². The highest BCUT2D eigenvalue weighted by Gasteiger charge is 2.38. The van der Waals surface area contributed by atoms with Crippen LogP contribution in [0.5, 0.6) is 0 Å². The third-order valence-electron chi connectivity index (χ3n) is 2.92. The highest BCUT2D eigenvalue weighted by molar-refractivity contribution is 7.78. The van der Waals surface area contributed by atoms with Gasteiger partial charge in [-0.05, 0) is 17.2 Å². The van der Waals surface area contributed by atoms with Crippen LogP contribution in [0.1, 0.15) is 5.56 Å². The van der Waals surface area contributed by atoms with E-state index in [2.05, 4.69) is 31.8 Å². The minimum atomic E-state index is -2.24. The molecule has 3 heteroatoms. The molecule has 1 unspecified atom stereocenters. The zero-order chi connectivity index (χ0) is 11.3. The molecule has 15 heavy (non-hydrogen) atoms. The average molecular weight is 236 g/mol. The van der Waals surface area contributed by atoms with Crippen molar-refractivity contribution in [1.82, 2.24) is 0 Å². The SMILES string of the molecule is C[Si](C)(C)C1=Cc2ccccc2P1(C)=O. The standard InChI is InChI=1S/C12H17OPSi/c1-14(13)11-8-6-5-7-10(11)9-12(14)15(2,3)4/h5-9H,1-4H3. The lowest BCUT2D eigenvalue weighted by molar-refractivity contribution is 0.590. The Bertz CT molecular complexity index is 483. The van der Waals surface area contributed by atoms with E-state index in [4.69, 9.17) is 0 Å². The lowest BCUT2D eigenvalue weighted by Crippen LogP contribution is -2.24. The average Bonchev–Trinajstić information content (AvgIpc) is 2.39. The van der Waals surface area contributed by atoms with Crippen molar-refractivity contribution in [1.29, 1.82) is 0 Å². The molecule has 1 aromatic carbocycles. The van der Waals surface area contributed by atoms with E-state index in [1.165, 1.54) is 10.5 Å². The molecule has 0 fully saturated rings. The highest BCUT2D eigenvalue weighted by atomic mass is 31.2. The van der Waals surface area contributed by atoms with Crippen molar-refractivity contribution in [3.05, 3.63) is 34.8 Å². The van der Waals surface area contributed by atoms with Crippen LogP contribution in [0.4, 0.5) is 0 Å². The summed E-state index contributed by atoms with van der Waals surface area (Å²) in [5, 5.41) is 1.06. The largest absolute Gasteiger partial charge is 0.315 e. The Morgan fingerprint density at radius 1 is 1.13 bits per heavy atom. The fourth-order valence-electron chi connectivity index (χ4n) is 2.25. The van der Waals surface area contributed by atoms with Crippen LogP contribution in [0.3, 0.4) is 0 Å². The second kappa shape index (κ2) is 3.20. The molecular formula is C12H17OPSi. The fourth-order valence-corrected chi connectivity index (χ4v) is 9.97. The summed E-state index contributed by atoms with van der Waals surface area (Å²) in [6, 6.07) is 8.08. The maximum Gasteiger partial charge on any atom is 0.133 e. The second-order valence-corrected chi connectivity index (χ2v) is 13.5. The molecule has 1 atom stereocenters. The Hall–Kier alpha value is -0.593. The van der Waals surface area contributed by atoms with Crippen LogP contribution in [-0.2, 0) is 4.57 Å². The van der Waals surface area contributed by atoms with Gasteiger partial charge < -0.3 is 4.57 Å². The van der Waals surface area contributed by atoms with Gasteiger partial charge in [0.1, 0.15) is 7.14 Å². The van der Waals surface area contributed by atoms with Crippen LogP contribution in [0.2, 0.25) is 19.6 Å². The lowest BCUT2D eigenvalue weighted by Gasteiger charge is -2.23. The van der Waals surface area contributed by atoms with E-state index < -0.39 is 15.2 Å². The van der Waals surface area contributed by atoms with E-state index in [0.717, 1.165) is 5.30 Å². The molecular weight excluding hydrogens is 219 g/mol. The van der Waals surface area contributed by atoms with Crippen LogP contribution < -0.4 is 5.30 Å². The summed E-state index contributed by atoms with van der Waals surface area (Å²) in [4.78, 5) is 1.23. The number of hydrogen-bond acceptors (Lipinski definition) is 1. The number of hydrogen-bond donors (Lipinski definition) is 0. The van der Waals surface area contributed by atoms with Crippen molar-refractivity contribution in [2.24, 2.45) is 0 Å². The first-order chi connectivity index (χ1) is 6.83. The van der Waals surface area contributed by atoms with Crippen LogP contribution in [0.15, 0.2) is 29.2 Å². The van der Waals surface area contributed by atoms with Gasteiger partial charge in [0.25, 0.3) is 0 Å². The van der Waals surface area contributed by atoms with Crippen molar-refractivity contribution < 1.29 is 4.57 Å². The summed E-state index contributed by atoms with van der Waals surface area (Å²) in [5.74, 6) is 0. The molecule has 1 nitrogen and oxygen atoms in total. The maximum atomic E-state index is 12.8. The molecule has 0 saturated heterocycles. The Kier molecular flexibility index (Phi) is 2.33. The normalized spacial score (nSPS) is 24.9. The Balaban J connectivity index is 2.65. The Morgan fingerprint density at radius 3 is 2.27 bits per heavy atom. The second-order valence-electron chi connectivity index (χ2n) is 5.26. The summed E-state index contributed by atoms with van der Waals surface area (Å²) >= 11 is 0. The fraction of sp³-hybridized carbons (Fsp3) is 0.333. The molecule has 2 rings (SSSR count). The van der Waals surface area contributed by atoms with Crippen LogP contribution >= 0.6 is 7.14 Å². The molecule has 0 N–H and O–H groups in total. The first-order valence-corrected chi connectivity index (χ1v) is 10.9. The van der Waals surface area contributed by atoms with E-state index in [0.29, 0.717) is 0 Å². The maximum absolute atomic E-state index is 12.8. The lowest BCUT2D eigenvalue weighted by atomic mass is 10.2. The molecule has 0 aliphatic carbocycles. The van der Waals surface area contributed by atoms with Gasteiger partial charge in [-0.3, -0.25) is 0 Å². The van der Waals surface area contributed by atoms with Gasteiger partial charge >= 0.3 is 0 Å². The molecule has 0 saturated carbocycles. The minimum absolute atomic E-state index is 1.06. The summed E-state index contributed by atoms with van der Waals surface area (Å²) in [6.45, 7) is 8.71. The van der Waals surface area contributed by atoms with Crippen LogP contribution in [0, 0.1) is 0 Å². The molecule has 0 aromatic heterocycles. The van der Waals surface area contributed by atoms with Crippen molar-refractivity contribution >= 4 is 26.6 Å². The Labute approximate surface area is 92.6 Å². The van der Waals surface area contributed by atoms with E-state index in [1.807, 2.05) is 24.9 Å². The van der Waals surface area contributed by atoms with E-state index in [1.54, 1.807) is 0 Å². The third kappa shape index (κ3) is 1.66. The molecule has 1 aromatic rings. The van der Waals surface area contributed by atoms with Gasteiger partial charge in [-0.1, -0.05) is 50.0 Å².